The third-order valence-corrected chi connectivity index (χ3v) is 9.18. The van der Waals surface area contributed by atoms with Crippen LogP contribution in [0.4, 0.5) is 5.69 Å². The topological polar surface area (TPSA) is 54.5 Å². The first-order valence-electron chi connectivity index (χ1n) is 7.98. The van der Waals surface area contributed by atoms with Gasteiger partial charge in [0, 0.05) is 9.50 Å². The molecular weight excluding hydrogens is 550 g/mol. The van der Waals surface area contributed by atoms with Gasteiger partial charge in [0.15, 0.2) is 0 Å². The van der Waals surface area contributed by atoms with Gasteiger partial charge in [-0.25, -0.2) is 8.42 Å². The van der Waals surface area contributed by atoms with Crippen LogP contribution in [0.25, 0.3) is 0 Å². The van der Waals surface area contributed by atoms with Gasteiger partial charge in [-0.15, -0.1) is 11.3 Å². The highest BCUT2D eigenvalue weighted by Gasteiger charge is 2.34. The second-order valence-electron chi connectivity index (χ2n) is 6.05. The van der Waals surface area contributed by atoms with Crippen molar-refractivity contribution >= 4 is 76.4 Å². The number of anilines is 1. The van der Waals surface area contributed by atoms with E-state index < -0.39 is 15.9 Å². The van der Waals surface area contributed by atoms with Crippen LogP contribution in [0, 0.1) is 13.8 Å². The van der Waals surface area contributed by atoms with E-state index in [2.05, 4.69) is 31.9 Å². The summed E-state index contributed by atoms with van der Waals surface area (Å²) in [6.07, 6.45) is 0. The zero-order valence-electron chi connectivity index (χ0n) is 14.7. The Kier molecular flexibility index (Phi) is 6.36. The number of halogens is 3. The Hall–Kier alpha value is -1.19. The van der Waals surface area contributed by atoms with Gasteiger partial charge in [-0.2, -0.15) is 4.31 Å². The fourth-order valence-corrected chi connectivity index (χ4v) is 6.16. The standard InChI is InChI=1S/C19H14Br2ClNO3S2/c1-11-3-4-12(2)16(9-11)23(19(24)17-10-15(20)18(21)27-17)28(25,26)14-7-5-13(22)6-8-14/h3-10H,1-2H3. The molecule has 0 saturated carbocycles. The van der Waals surface area contributed by atoms with Crippen LogP contribution in [0.2, 0.25) is 5.02 Å². The largest absolute Gasteiger partial charge is 0.282 e. The van der Waals surface area contributed by atoms with Crippen molar-refractivity contribution in [2.45, 2.75) is 18.7 Å². The summed E-state index contributed by atoms with van der Waals surface area (Å²) in [5.74, 6) is -0.625. The third kappa shape index (κ3) is 4.21. The van der Waals surface area contributed by atoms with E-state index in [0.29, 0.717) is 24.5 Å². The Morgan fingerprint density at radius 1 is 1.04 bits per heavy atom. The number of aryl methyl sites for hydroxylation is 2. The average molecular weight is 564 g/mol. The molecule has 0 fully saturated rings. The molecule has 1 amide bonds. The normalized spacial score (nSPS) is 11.5. The molecular formula is C19H14Br2ClNO3S2. The first-order chi connectivity index (χ1) is 13.1. The number of hydrogen-bond acceptors (Lipinski definition) is 4. The number of carbonyl (C=O) groups is 1. The van der Waals surface area contributed by atoms with Gasteiger partial charge < -0.3 is 0 Å². The van der Waals surface area contributed by atoms with Crippen LogP contribution in [0.3, 0.4) is 0 Å². The molecule has 2 aromatic carbocycles. The van der Waals surface area contributed by atoms with Gasteiger partial charge in [0.1, 0.15) is 0 Å². The highest BCUT2D eigenvalue weighted by Crippen LogP contribution is 2.36. The molecule has 1 aromatic heterocycles. The minimum atomic E-state index is -4.16. The Morgan fingerprint density at radius 2 is 1.68 bits per heavy atom. The van der Waals surface area contributed by atoms with E-state index in [4.69, 9.17) is 11.6 Å². The minimum Gasteiger partial charge on any atom is -0.267 e. The molecule has 0 bridgehead atoms. The van der Waals surface area contributed by atoms with Crippen molar-refractivity contribution < 1.29 is 13.2 Å². The summed E-state index contributed by atoms with van der Waals surface area (Å²) >= 11 is 13.8. The summed E-state index contributed by atoms with van der Waals surface area (Å²) in [5, 5.41) is 0.412. The van der Waals surface area contributed by atoms with Crippen molar-refractivity contribution in [1.82, 2.24) is 0 Å². The number of carbonyl (C=O) groups excluding carboxylic acids is 1. The van der Waals surface area contributed by atoms with Crippen molar-refractivity contribution in [3.05, 3.63) is 77.8 Å². The molecule has 0 spiro atoms. The summed E-state index contributed by atoms with van der Waals surface area (Å²) < 4.78 is 29.2. The highest BCUT2D eigenvalue weighted by atomic mass is 79.9. The average Bonchev–Trinajstić information content (AvgIpc) is 2.97. The lowest BCUT2D eigenvalue weighted by molar-refractivity contribution is 0.101. The predicted octanol–water partition coefficient (Wildman–Crippen LogP) is 6.58. The second-order valence-corrected chi connectivity index (χ2v) is 11.5. The second kappa shape index (κ2) is 8.28. The van der Waals surface area contributed by atoms with Gasteiger partial charge in [0.2, 0.25) is 0 Å². The molecule has 3 rings (SSSR count). The van der Waals surface area contributed by atoms with Gasteiger partial charge >= 0.3 is 0 Å². The fourth-order valence-electron chi connectivity index (χ4n) is 2.55. The van der Waals surface area contributed by atoms with Crippen molar-refractivity contribution in [3.63, 3.8) is 0 Å². The molecule has 0 aliphatic rings. The van der Waals surface area contributed by atoms with E-state index in [9.17, 15) is 13.2 Å². The maximum atomic E-state index is 13.5. The SMILES string of the molecule is Cc1ccc(C)c(N(C(=O)c2cc(Br)c(Br)s2)S(=O)(=O)c2ccc(Cl)cc2)c1. The van der Waals surface area contributed by atoms with Crippen molar-refractivity contribution in [3.8, 4) is 0 Å². The van der Waals surface area contributed by atoms with E-state index >= 15 is 0 Å². The molecule has 0 aliphatic carbocycles. The van der Waals surface area contributed by atoms with Gasteiger partial charge in [0.25, 0.3) is 15.9 Å². The summed E-state index contributed by atoms with van der Waals surface area (Å²) in [4.78, 5) is 13.6. The Morgan fingerprint density at radius 3 is 2.25 bits per heavy atom. The predicted molar refractivity (Wildman–Crippen MR) is 121 cm³/mol. The van der Waals surface area contributed by atoms with Crippen LogP contribution < -0.4 is 4.31 Å². The van der Waals surface area contributed by atoms with E-state index in [1.807, 2.05) is 13.0 Å². The van der Waals surface area contributed by atoms with Crippen LogP contribution in [-0.4, -0.2) is 14.3 Å². The summed E-state index contributed by atoms with van der Waals surface area (Å²) in [7, 11) is -4.16. The third-order valence-electron chi connectivity index (χ3n) is 3.98. The Labute approximate surface area is 189 Å². The smallest absolute Gasteiger partial charge is 0.267 e. The van der Waals surface area contributed by atoms with Crippen LogP contribution in [0.1, 0.15) is 20.8 Å². The van der Waals surface area contributed by atoms with E-state index in [-0.39, 0.29) is 9.77 Å². The Balaban J connectivity index is 2.23. The van der Waals surface area contributed by atoms with E-state index in [0.717, 1.165) is 21.2 Å². The van der Waals surface area contributed by atoms with Gasteiger partial charge in [-0.1, -0.05) is 23.7 Å². The number of benzene rings is 2. The molecule has 0 atom stereocenters. The van der Waals surface area contributed by atoms with Gasteiger partial charge in [-0.3, -0.25) is 4.79 Å². The lowest BCUT2D eigenvalue weighted by atomic mass is 10.1. The number of thiophene rings is 1. The first-order valence-corrected chi connectivity index (χ1v) is 12.2. The number of hydrogen-bond donors (Lipinski definition) is 0. The zero-order valence-corrected chi connectivity index (χ0v) is 20.3. The zero-order chi connectivity index (χ0) is 20.6. The van der Waals surface area contributed by atoms with Crippen LogP contribution in [0.15, 0.2) is 61.7 Å². The molecule has 4 nitrogen and oxygen atoms in total. The fraction of sp³-hybridized carbons (Fsp3) is 0.105. The number of amides is 1. The molecule has 146 valence electrons. The van der Waals surface area contributed by atoms with Gasteiger partial charge in [0.05, 0.1) is 19.2 Å². The summed E-state index contributed by atoms with van der Waals surface area (Å²) in [6, 6.07) is 12.7. The number of sulfonamides is 1. The van der Waals surface area contributed by atoms with E-state index in [1.165, 1.54) is 24.3 Å². The summed E-state index contributed by atoms with van der Waals surface area (Å²) in [6.45, 7) is 3.62. The molecule has 1 heterocycles. The number of rotatable bonds is 4. The monoisotopic (exact) mass is 561 g/mol. The van der Waals surface area contributed by atoms with Crippen LogP contribution in [-0.2, 0) is 10.0 Å². The molecule has 0 saturated heterocycles. The molecule has 0 N–H and O–H groups in total. The lowest BCUT2D eigenvalue weighted by Gasteiger charge is -2.24. The van der Waals surface area contributed by atoms with Crippen molar-refractivity contribution in [2.24, 2.45) is 0 Å². The lowest BCUT2D eigenvalue weighted by Crippen LogP contribution is -2.37. The summed E-state index contributed by atoms with van der Waals surface area (Å²) in [5.41, 5.74) is 1.84. The minimum absolute atomic E-state index is 0.0131. The maximum absolute atomic E-state index is 13.5. The first kappa shape index (κ1) is 21.5. The quantitative estimate of drug-likeness (QED) is 0.360. The molecule has 0 aliphatic heterocycles. The maximum Gasteiger partial charge on any atom is 0.282 e. The Bertz CT molecular complexity index is 1140. The van der Waals surface area contributed by atoms with Crippen LogP contribution >= 0.6 is 54.8 Å². The highest BCUT2D eigenvalue weighted by molar-refractivity contribution is 9.13. The van der Waals surface area contributed by atoms with Crippen LogP contribution in [0.5, 0.6) is 0 Å². The molecule has 3 aromatic rings. The molecule has 9 heteroatoms. The number of nitrogens with zero attached hydrogens (tertiary/aromatic N) is 1. The van der Waals surface area contributed by atoms with Crippen molar-refractivity contribution in [2.75, 3.05) is 4.31 Å². The molecule has 28 heavy (non-hydrogen) atoms. The molecule has 0 radical (unpaired) electrons. The van der Waals surface area contributed by atoms with Gasteiger partial charge in [-0.05, 0) is 93.2 Å². The van der Waals surface area contributed by atoms with E-state index in [1.54, 1.807) is 25.1 Å². The molecule has 0 unspecified atom stereocenters. The van der Waals surface area contributed by atoms with Crippen molar-refractivity contribution in [1.29, 1.82) is 0 Å².